The van der Waals surface area contributed by atoms with Crippen molar-refractivity contribution in [3.63, 3.8) is 0 Å². The summed E-state index contributed by atoms with van der Waals surface area (Å²) in [4.78, 5) is 20.6. The third-order valence-corrected chi connectivity index (χ3v) is 3.60. The number of ether oxygens (including phenoxy) is 1. The van der Waals surface area contributed by atoms with Crippen LogP contribution in [0.25, 0.3) is 5.82 Å². The lowest BCUT2D eigenvalue weighted by Gasteiger charge is -2.17. The predicted molar refractivity (Wildman–Crippen MR) is 93.7 cm³/mol. The van der Waals surface area contributed by atoms with E-state index in [-0.39, 0.29) is 5.91 Å². The standard InChI is InChI=1S/C18H19N5O2/c1-3-16(25-15-6-4-5-13(2)9-15)18(24)22-14-7-8-17(20-10-14)23-12-19-11-21-23/h4-12,16H,3H2,1-2H3,(H,22,24). The first-order chi connectivity index (χ1) is 12.2. The second kappa shape index (κ2) is 7.57. The Bertz CT molecular complexity index is 831. The minimum Gasteiger partial charge on any atom is -0.481 e. The van der Waals surface area contributed by atoms with E-state index >= 15 is 0 Å². The molecule has 0 aliphatic heterocycles. The third-order valence-electron chi connectivity index (χ3n) is 3.60. The highest BCUT2D eigenvalue weighted by molar-refractivity contribution is 5.94. The average molecular weight is 337 g/mol. The maximum absolute atomic E-state index is 12.5. The molecule has 3 rings (SSSR count). The molecular formula is C18H19N5O2. The number of aryl methyl sites for hydroxylation is 1. The smallest absolute Gasteiger partial charge is 0.265 e. The maximum Gasteiger partial charge on any atom is 0.265 e. The highest BCUT2D eigenvalue weighted by atomic mass is 16.5. The van der Waals surface area contributed by atoms with Gasteiger partial charge in [-0.15, -0.1) is 0 Å². The van der Waals surface area contributed by atoms with Crippen LogP contribution in [0.15, 0.2) is 55.2 Å². The summed E-state index contributed by atoms with van der Waals surface area (Å²) in [6, 6.07) is 11.2. The van der Waals surface area contributed by atoms with E-state index in [0.717, 1.165) is 5.56 Å². The summed E-state index contributed by atoms with van der Waals surface area (Å²) in [6.07, 6.45) is 4.56. The number of nitrogens with zero attached hydrogens (tertiary/aromatic N) is 4. The van der Waals surface area contributed by atoms with Crippen LogP contribution in [0.2, 0.25) is 0 Å². The molecule has 1 N–H and O–H groups in total. The van der Waals surface area contributed by atoms with Crippen LogP contribution in [-0.2, 0) is 4.79 Å². The zero-order valence-electron chi connectivity index (χ0n) is 14.1. The fourth-order valence-electron chi connectivity index (χ4n) is 2.32. The summed E-state index contributed by atoms with van der Waals surface area (Å²) in [6.45, 7) is 3.89. The van der Waals surface area contributed by atoms with Gasteiger partial charge in [0.25, 0.3) is 5.91 Å². The van der Waals surface area contributed by atoms with Crippen LogP contribution in [0.5, 0.6) is 5.75 Å². The fraction of sp³-hybridized carbons (Fsp3) is 0.222. The predicted octanol–water partition coefficient (Wildman–Crippen LogP) is 2.77. The highest BCUT2D eigenvalue weighted by Crippen LogP contribution is 2.17. The molecule has 1 atom stereocenters. The number of hydrogen-bond donors (Lipinski definition) is 1. The summed E-state index contributed by atoms with van der Waals surface area (Å²) < 4.78 is 7.35. The molecule has 0 spiro atoms. The molecule has 2 aromatic heterocycles. The molecule has 3 aromatic rings. The van der Waals surface area contributed by atoms with Crippen molar-refractivity contribution in [2.45, 2.75) is 26.4 Å². The normalized spacial score (nSPS) is 11.8. The molecule has 25 heavy (non-hydrogen) atoms. The van der Waals surface area contributed by atoms with Gasteiger partial charge in [-0.25, -0.2) is 14.6 Å². The van der Waals surface area contributed by atoms with Crippen molar-refractivity contribution in [1.29, 1.82) is 0 Å². The lowest BCUT2D eigenvalue weighted by molar-refractivity contribution is -0.122. The lowest BCUT2D eigenvalue weighted by Crippen LogP contribution is -2.32. The summed E-state index contributed by atoms with van der Waals surface area (Å²) in [5.41, 5.74) is 1.68. The topological polar surface area (TPSA) is 81.9 Å². The minimum absolute atomic E-state index is 0.209. The summed E-state index contributed by atoms with van der Waals surface area (Å²) in [5, 5.41) is 6.84. The van der Waals surface area contributed by atoms with Crippen molar-refractivity contribution in [3.05, 3.63) is 60.8 Å². The van der Waals surface area contributed by atoms with Gasteiger partial charge in [-0.2, -0.15) is 5.10 Å². The molecule has 1 amide bonds. The number of carbonyl (C=O) groups excluding carboxylic acids is 1. The Kier molecular flexibility index (Phi) is 5.03. The van der Waals surface area contributed by atoms with E-state index in [0.29, 0.717) is 23.7 Å². The van der Waals surface area contributed by atoms with Crippen LogP contribution in [0.3, 0.4) is 0 Å². The molecule has 0 aliphatic carbocycles. The highest BCUT2D eigenvalue weighted by Gasteiger charge is 2.18. The number of benzene rings is 1. The van der Waals surface area contributed by atoms with Crippen molar-refractivity contribution >= 4 is 11.6 Å². The molecule has 0 aliphatic rings. The van der Waals surface area contributed by atoms with Gasteiger partial charge < -0.3 is 10.1 Å². The Morgan fingerprint density at radius 2 is 2.20 bits per heavy atom. The summed E-state index contributed by atoms with van der Waals surface area (Å²) in [5.74, 6) is 1.10. The quantitative estimate of drug-likeness (QED) is 0.748. The van der Waals surface area contributed by atoms with Gasteiger partial charge in [-0.05, 0) is 43.2 Å². The molecule has 1 unspecified atom stereocenters. The first-order valence-electron chi connectivity index (χ1n) is 8.01. The zero-order valence-corrected chi connectivity index (χ0v) is 14.1. The number of carbonyl (C=O) groups is 1. The fourth-order valence-corrected chi connectivity index (χ4v) is 2.32. The number of amides is 1. The van der Waals surface area contributed by atoms with E-state index in [1.54, 1.807) is 29.3 Å². The van der Waals surface area contributed by atoms with Gasteiger partial charge in [-0.3, -0.25) is 4.79 Å². The monoisotopic (exact) mass is 337 g/mol. The van der Waals surface area contributed by atoms with Crippen LogP contribution in [0.1, 0.15) is 18.9 Å². The van der Waals surface area contributed by atoms with E-state index in [9.17, 15) is 4.79 Å². The van der Waals surface area contributed by atoms with E-state index in [1.807, 2.05) is 38.1 Å². The van der Waals surface area contributed by atoms with Crippen LogP contribution in [0.4, 0.5) is 5.69 Å². The Labute approximate surface area is 145 Å². The summed E-state index contributed by atoms with van der Waals surface area (Å²) in [7, 11) is 0. The van der Waals surface area contributed by atoms with Gasteiger partial charge in [-0.1, -0.05) is 19.1 Å². The van der Waals surface area contributed by atoms with Gasteiger partial charge in [0.2, 0.25) is 0 Å². The second-order valence-electron chi connectivity index (χ2n) is 5.57. The number of rotatable bonds is 6. The van der Waals surface area contributed by atoms with Crippen molar-refractivity contribution in [2.24, 2.45) is 0 Å². The molecule has 0 saturated carbocycles. The molecule has 0 saturated heterocycles. The van der Waals surface area contributed by atoms with Crippen LogP contribution in [0, 0.1) is 6.92 Å². The van der Waals surface area contributed by atoms with E-state index in [1.165, 1.54) is 6.33 Å². The number of anilines is 1. The van der Waals surface area contributed by atoms with Gasteiger partial charge in [0.1, 0.15) is 18.4 Å². The average Bonchev–Trinajstić information content (AvgIpc) is 3.15. The van der Waals surface area contributed by atoms with Crippen molar-refractivity contribution in [3.8, 4) is 11.6 Å². The van der Waals surface area contributed by atoms with E-state index < -0.39 is 6.10 Å². The number of nitrogens with one attached hydrogen (secondary N) is 1. The van der Waals surface area contributed by atoms with Crippen molar-refractivity contribution < 1.29 is 9.53 Å². The zero-order chi connectivity index (χ0) is 17.6. The molecule has 7 nitrogen and oxygen atoms in total. The molecule has 1 aromatic carbocycles. The largest absolute Gasteiger partial charge is 0.481 e. The van der Waals surface area contributed by atoms with Gasteiger partial charge in [0.15, 0.2) is 11.9 Å². The Hall–Kier alpha value is -3.22. The minimum atomic E-state index is -0.572. The van der Waals surface area contributed by atoms with E-state index in [4.69, 9.17) is 4.74 Å². The van der Waals surface area contributed by atoms with Crippen LogP contribution in [-0.4, -0.2) is 31.8 Å². The SMILES string of the molecule is CCC(Oc1cccc(C)c1)C(=O)Nc1ccc(-n2cncn2)nc1. The number of aromatic nitrogens is 4. The second-order valence-corrected chi connectivity index (χ2v) is 5.57. The van der Waals surface area contributed by atoms with Crippen LogP contribution >= 0.6 is 0 Å². The van der Waals surface area contributed by atoms with Crippen molar-refractivity contribution in [1.82, 2.24) is 19.7 Å². The third kappa shape index (κ3) is 4.20. The molecular weight excluding hydrogens is 318 g/mol. The Morgan fingerprint density at radius 3 is 2.84 bits per heavy atom. The van der Waals surface area contributed by atoms with Gasteiger partial charge in [0.05, 0.1) is 11.9 Å². The Morgan fingerprint density at radius 1 is 1.32 bits per heavy atom. The molecule has 0 fully saturated rings. The molecule has 0 bridgehead atoms. The maximum atomic E-state index is 12.5. The molecule has 0 radical (unpaired) electrons. The first kappa shape index (κ1) is 16.6. The van der Waals surface area contributed by atoms with Gasteiger partial charge >= 0.3 is 0 Å². The Balaban J connectivity index is 1.65. The molecule has 2 heterocycles. The van der Waals surface area contributed by atoms with Crippen LogP contribution < -0.4 is 10.1 Å². The first-order valence-corrected chi connectivity index (χ1v) is 8.01. The summed E-state index contributed by atoms with van der Waals surface area (Å²) >= 11 is 0. The number of hydrogen-bond acceptors (Lipinski definition) is 5. The van der Waals surface area contributed by atoms with Crippen molar-refractivity contribution in [2.75, 3.05) is 5.32 Å². The molecule has 128 valence electrons. The molecule has 7 heteroatoms. The number of pyridine rings is 1. The van der Waals surface area contributed by atoms with E-state index in [2.05, 4.69) is 20.4 Å². The lowest BCUT2D eigenvalue weighted by atomic mass is 10.2. The van der Waals surface area contributed by atoms with Gasteiger partial charge in [0, 0.05) is 0 Å².